The first-order valence-corrected chi connectivity index (χ1v) is 10.3. The number of benzene rings is 3. The van der Waals surface area contributed by atoms with Crippen LogP contribution >= 0.6 is 23.2 Å². The Morgan fingerprint density at radius 3 is 2.28 bits per heavy atom. The highest BCUT2D eigenvalue weighted by Gasteiger charge is 2.33. The molecule has 0 unspecified atom stereocenters. The lowest BCUT2D eigenvalue weighted by molar-refractivity contribution is -0.385. The molecular weight excluding hydrogens is 455 g/mol. The van der Waals surface area contributed by atoms with Gasteiger partial charge in [-0.05, 0) is 23.8 Å². The summed E-state index contributed by atoms with van der Waals surface area (Å²) < 4.78 is 0. The van der Waals surface area contributed by atoms with Gasteiger partial charge in [-0.1, -0.05) is 71.7 Å². The van der Waals surface area contributed by atoms with Crippen molar-refractivity contribution in [1.82, 2.24) is 4.90 Å². The van der Waals surface area contributed by atoms with Gasteiger partial charge in [-0.3, -0.25) is 14.9 Å². The molecular formula is C23H18Cl2N2O5. The van der Waals surface area contributed by atoms with Crippen molar-refractivity contribution in [2.24, 2.45) is 0 Å². The summed E-state index contributed by atoms with van der Waals surface area (Å²) in [5, 5.41) is 21.8. The molecule has 0 spiro atoms. The summed E-state index contributed by atoms with van der Waals surface area (Å²) >= 11 is 12.1. The van der Waals surface area contributed by atoms with Gasteiger partial charge in [0.2, 0.25) is 0 Å². The number of aliphatic carboxylic acids is 1. The fourth-order valence-electron chi connectivity index (χ4n) is 3.32. The second kappa shape index (κ2) is 10.3. The van der Waals surface area contributed by atoms with Crippen LogP contribution in [0, 0.1) is 10.1 Å². The van der Waals surface area contributed by atoms with Crippen molar-refractivity contribution in [1.29, 1.82) is 0 Å². The third-order valence-corrected chi connectivity index (χ3v) is 5.43. The van der Waals surface area contributed by atoms with E-state index in [1.54, 1.807) is 36.4 Å². The predicted molar refractivity (Wildman–Crippen MR) is 121 cm³/mol. The summed E-state index contributed by atoms with van der Waals surface area (Å²) in [6.45, 7) is -0.293. The molecule has 0 radical (unpaired) electrons. The fourth-order valence-corrected chi connectivity index (χ4v) is 3.80. The Balaban J connectivity index is 2.08. The van der Waals surface area contributed by atoms with Gasteiger partial charge < -0.3 is 10.0 Å². The van der Waals surface area contributed by atoms with Gasteiger partial charge >= 0.3 is 5.97 Å². The minimum absolute atomic E-state index is 0.00769. The van der Waals surface area contributed by atoms with Crippen LogP contribution in [0.25, 0.3) is 0 Å². The molecule has 0 aromatic heterocycles. The van der Waals surface area contributed by atoms with Crippen molar-refractivity contribution >= 4 is 40.8 Å². The lowest BCUT2D eigenvalue weighted by Crippen LogP contribution is -2.46. The lowest BCUT2D eigenvalue weighted by atomic mass is 10.0. The number of carbonyl (C=O) groups excluding carboxylic acids is 1. The number of nitro benzene ring substituents is 1. The number of carboxylic acid groups (broad SMARTS) is 1. The van der Waals surface area contributed by atoms with E-state index in [9.17, 15) is 24.8 Å². The number of rotatable bonds is 8. The highest BCUT2D eigenvalue weighted by atomic mass is 35.5. The van der Waals surface area contributed by atoms with Crippen LogP contribution in [0.5, 0.6) is 0 Å². The Morgan fingerprint density at radius 2 is 1.66 bits per heavy atom. The van der Waals surface area contributed by atoms with Crippen LogP contribution in [0.15, 0.2) is 72.8 Å². The minimum Gasteiger partial charge on any atom is -0.480 e. The molecule has 164 valence electrons. The van der Waals surface area contributed by atoms with E-state index in [0.717, 1.165) is 4.90 Å². The molecule has 1 amide bonds. The number of amides is 1. The monoisotopic (exact) mass is 472 g/mol. The highest BCUT2D eigenvalue weighted by molar-refractivity contribution is 6.36. The standard InChI is InChI=1S/C23H18Cl2N2O5/c24-17-10-11-18(19(25)13-17)22(28)26(14-16-8-4-5-9-20(16)27(31)32)21(23(29)30)12-15-6-2-1-3-7-15/h1-11,13,21H,12,14H2,(H,29,30)/t21-/m0/s1. The zero-order valence-electron chi connectivity index (χ0n) is 16.7. The van der Waals surface area contributed by atoms with Crippen LogP contribution in [-0.2, 0) is 17.8 Å². The van der Waals surface area contributed by atoms with E-state index in [0.29, 0.717) is 10.6 Å². The molecule has 0 aliphatic carbocycles. The van der Waals surface area contributed by atoms with Crippen molar-refractivity contribution in [2.45, 2.75) is 19.0 Å². The van der Waals surface area contributed by atoms with Gasteiger partial charge in [0.1, 0.15) is 6.04 Å². The molecule has 1 N–H and O–H groups in total. The van der Waals surface area contributed by atoms with Crippen LogP contribution in [0.1, 0.15) is 21.5 Å². The van der Waals surface area contributed by atoms with Gasteiger partial charge in [0.05, 0.1) is 22.1 Å². The SMILES string of the molecule is O=C(O)[C@H](Cc1ccccc1)N(Cc1ccccc1[N+](=O)[O-])C(=O)c1ccc(Cl)cc1Cl. The molecule has 3 aromatic rings. The maximum absolute atomic E-state index is 13.5. The quantitative estimate of drug-likeness (QED) is 0.356. The van der Waals surface area contributed by atoms with E-state index in [2.05, 4.69) is 0 Å². The van der Waals surface area contributed by atoms with Crippen molar-refractivity contribution in [3.8, 4) is 0 Å². The van der Waals surface area contributed by atoms with E-state index in [-0.39, 0.29) is 34.8 Å². The first kappa shape index (κ1) is 23.2. The van der Waals surface area contributed by atoms with Gasteiger partial charge in [-0.2, -0.15) is 0 Å². The molecule has 0 aliphatic rings. The fraction of sp³-hybridized carbons (Fsp3) is 0.130. The molecule has 3 aromatic carbocycles. The van der Waals surface area contributed by atoms with Crippen molar-refractivity contribution < 1.29 is 19.6 Å². The van der Waals surface area contributed by atoms with Gasteiger partial charge in [-0.25, -0.2) is 4.79 Å². The molecule has 0 heterocycles. The molecule has 0 aliphatic heterocycles. The van der Waals surface area contributed by atoms with Crippen molar-refractivity contribution in [3.63, 3.8) is 0 Å². The molecule has 1 atom stereocenters. The van der Waals surface area contributed by atoms with E-state index in [4.69, 9.17) is 23.2 Å². The minimum atomic E-state index is -1.29. The van der Waals surface area contributed by atoms with Crippen LogP contribution in [0.2, 0.25) is 10.0 Å². The summed E-state index contributed by atoms with van der Waals surface area (Å²) in [5.41, 5.74) is 0.739. The Bertz CT molecular complexity index is 1150. The number of para-hydroxylation sites is 1. The topological polar surface area (TPSA) is 101 Å². The Morgan fingerprint density at radius 1 is 1.00 bits per heavy atom. The van der Waals surface area contributed by atoms with Crippen molar-refractivity contribution in [2.75, 3.05) is 0 Å². The predicted octanol–water partition coefficient (Wildman–Crippen LogP) is 5.24. The van der Waals surface area contributed by atoms with E-state index in [1.807, 2.05) is 0 Å². The van der Waals surface area contributed by atoms with Crippen LogP contribution in [-0.4, -0.2) is 32.8 Å². The number of nitro groups is 1. The summed E-state index contributed by atoms with van der Waals surface area (Å²) in [6.07, 6.45) is 0.00769. The molecule has 9 heteroatoms. The van der Waals surface area contributed by atoms with E-state index >= 15 is 0 Å². The zero-order chi connectivity index (χ0) is 23.3. The van der Waals surface area contributed by atoms with E-state index < -0.39 is 22.8 Å². The normalized spacial score (nSPS) is 11.6. The average Bonchev–Trinajstić information content (AvgIpc) is 2.76. The summed E-state index contributed by atoms with van der Waals surface area (Å²) in [6, 6.07) is 17.7. The zero-order valence-corrected chi connectivity index (χ0v) is 18.2. The number of halogens is 2. The Labute approximate surface area is 194 Å². The number of carbonyl (C=O) groups is 2. The summed E-state index contributed by atoms with van der Waals surface area (Å²) in [5.74, 6) is -1.92. The van der Waals surface area contributed by atoms with Crippen molar-refractivity contribution in [3.05, 3.63) is 110 Å². The first-order chi connectivity index (χ1) is 15.3. The van der Waals surface area contributed by atoms with E-state index in [1.165, 1.54) is 36.4 Å². The van der Waals surface area contributed by atoms with Gasteiger partial charge in [-0.15, -0.1) is 0 Å². The van der Waals surface area contributed by atoms with Gasteiger partial charge in [0.15, 0.2) is 0 Å². The Kier molecular flexibility index (Phi) is 7.45. The maximum Gasteiger partial charge on any atom is 0.326 e. The second-order valence-corrected chi connectivity index (χ2v) is 7.83. The van der Waals surface area contributed by atoms with Crippen LogP contribution < -0.4 is 0 Å². The largest absolute Gasteiger partial charge is 0.480 e. The summed E-state index contributed by atoms with van der Waals surface area (Å²) in [7, 11) is 0. The molecule has 0 fully saturated rings. The molecule has 0 saturated carbocycles. The van der Waals surface area contributed by atoms with Gasteiger partial charge in [0, 0.05) is 23.1 Å². The molecule has 7 nitrogen and oxygen atoms in total. The second-order valence-electron chi connectivity index (χ2n) is 6.99. The number of nitrogens with zero attached hydrogens (tertiary/aromatic N) is 2. The summed E-state index contributed by atoms with van der Waals surface area (Å²) in [4.78, 5) is 37.7. The maximum atomic E-state index is 13.5. The number of hydrogen-bond donors (Lipinski definition) is 1. The molecule has 0 bridgehead atoms. The number of carboxylic acids is 1. The number of hydrogen-bond acceptors (Lipinski definition) is 4. The van der Waals surface area contributed by atoms with Gasteiger partial charge in [0.25, 0.3) is 11.6 Å². The smallest absolute Gasteiger partial charge is 0.326 e. The van der Waals surface area contributed by atoms with Crippen LogP contribution in [0.4, 0.5) is 5.69 Å². The Hall–Kier alpha value is -3.42. The lowest BCUT2D eigenvalue weighted by Gasteiger charge is -2.29. The first-order valence-electron chi connectivity index (χ1n) is 9.53. The average molecular weight is 473 g/mol. The molecule has 0 saturated heterocycles. The van der Waals surface area contributed by atoms with Crippen LogP contribution in [0.3, 0.4) is 0 Å². The molecule has 3 rings (SSSR count). The molecule has 32 heavy (non-hydrogen) atoms. The third kappa shape index (κ3) is 5.43. The third-order valence-electron chi connectivity index (χ3n) is 4.88. The highest BCUT2D eigenvalue weighted by Crippen LogP contribution is 2.27.